The molecule has 3 aliphatic carbocycles. The number of carbonyl (C=O) groups excluding carboxylic acids is 1. The van der Waals surface area contributed by atoms with Gasteiger partial charge in [0.25, 0.3) is 0 Å². The maximum absolute atomic E-state index is 13.4. The lowest BCUT2D eigenvalue weighted by molar-refractivity contribution is -0.122. The fourth-order valence-electron chi connectivity index (χ4n) is 6.26. The van der Waals surface area contributed by atoms with Crippen molar-refractivity contribution in [1.29, 1.82) is 0 Å². The van der Waals surface area contributed by atoms with Crippen molar-refractivity contribution in [2.24, 2.45) is 11.8 Å². The Labute approximate surface area is 171 Å². The van der Waals surface area contributed by atoms with Crippen molar-refractivity contribution < 1.29 is 4.79 Å². The van der Waals surface area contributed by atoms with Crippen LogP contribution in [0.4, 0.5) is 5.95 Å². The van der Waals surface area contributed by atoms with Gasteiger partial charge in [0.1, 0.15) is 0 Å². The third-order valence-electron chi connectivity index (χ3n) is 7.78. The summed E-state index contributed by atoms with van der Waals surface area (Å²) in [5.74, 6) is 2.52. The van der Waals surface area contributed by atoms with E-state index < -0.39 is 0 Å². The molecule has 2 atom stereocenters. The van der Waals surface area contributed by atoms with E-state index in [9.17, 15) is 4.79 Å². The summed E-state index contributed by atoms with van der Waals surface area (Å²) < 4.78 is 2.21. The lowest BCUT2D eigenvalue weighted by atomic mass is 9.64. The molecule has 0 bridgehead atoms. The maximum atomic E-state index is 13.4. The van der Waals surface area contributed by atoms with E-state index in [0.717, 1.165) is 30.8 Å². The second-order valence-corrected chi connectivity index (χ2v) is 9.49. The van der Waals surface area contributed by atoms with Crippen LogP contribution in [0.5, 0.6) is 0 Å². The van der Waals surface area contributed by atoms with E-state index in [1.165, 1.54) is 51.4 Å². The first kappa shape index (κ1) is 17.6. The molecule has 1 aliphatic heterocycles. The average molecular weight is 392 g/mol. The second kappa shape index (κ2) is 6.64. The van der Waals surface area contributed by atoms with Crippen LogP contribution in [0.25, 0.3) is 11.4 Å². The molecule has 6 heteroatoms. The monoisotopic (exact) mass is 391 g/mol. The van der Waals surface area contributed by atoms with Crippen molar-refractivity contribution in [3.8, 4) is 11.4 Å². The Morgan fingerprint density at radius 3 is 2.62 bits per heavy atom. The molecule has 3 fully saturated rings. The van der Waals surface area contributed by atoms with Gasteiger partial charge in [-0.05, 0) is 50.7 Å². The topological polar surface area (TPSA) is 63.9 Å². The Morgan fingerprint density at radius 2 is 1.86 bits per heavy atom. The van der Waals surface area contributed by atoms with Gasteiger partial charge in [-0.25, -0.2) is 4.68 Å². The van der Waals surface area contributed by atoms with Crippen LogP contribution in [0.2, 0.25) is 0 Å². The molecule has 4 aliphatic rings. The van der Waals surface area contributed by atoms with Gasteiger partial charge in [0.15, 0.2) is 5.82 Å². The van der Waals surface area contributed by atoms with Gasteiger partial charge >= 0.3 is 0 Å². The lowest BCUT2D eigenvalue weighted by Crippen LogP contribution is -2.61. The normalized spacial score (nSPS) is 28.1. The number of aromatic nitrogens is 4. The van der Waals surface area contributed by atoms with Crippen molar-refractivity contribution in [2.75, 3.05) is 4.90 Å². The molecule has 0 aromatic carbocycles. The van der Waals surface area contributed by atoms with Gasteiger partial charge in [-0.2, -0.15) is 4.98 Å². The Hall–Kier alpha value is -2.24. The molecule has 2 unspecified atom stereocenters. The summed E-state index contributed by atoms with van der Waals surface area (Å²) in [6.45, 7) is 0. The molecule has 3 heterocycles. The first-order valence-corrected chi connectivity index (χ1v) is 11.5. The standard InChI is InChI=1S/C23H29N5O/c29-21(16-10-11-16)27-19-9-3-2-8-18(19)23(12-4-1-5-13-23)28-22(27)25-20(26-28)17-7-6-14-24-15-17/h6-7,14-16,18-19H,1-5,8-13H2. The van der Waals surface area contributed by atoms with Crippen LogP contribution < -0.4 is 4.90 Å². The van der Waals surface area contributed by atoms with E-state index >= 15 is 0 Å². The summed E-state index contributed by atoms with van der Waals surface area (Å²) in [6, 6.07) is 4.24. The number of pyridine rings is 1. The molecule has 0 saturated heterocycles. The van der Waals surface area contributed by atoms with Gasteiger partial charge in [-0.15, -0.1) is 5.10 Å². The zero-order chi connectivity index (χ0) is 19.4. The summed E-state index contributed by atoms with van der Waals surface area (Å²) in [4.78, 5) is 24.8. The number of anilines is 1. The minimum absolute atomic E-state index is 0.0342. The van der Waals surface area contributed by atoms with Gasteiger partial charge in [0, 0.05) is 35.8 Å². The van der Waals surface area contributed by atoms with Crippen molar-refractivity contribution in [3.63, 3.8) is 0 Å². The van der Waals surface area contributed by atoms with Crippen molar-refractivity contribution in [2.45, 2.75) is 82.2 Å². The number of amides is 1. The molecule has 152 valence electrons. The molecular formula is C23H29N5O. The summed E-state index contributed by atoms with van der Waals surface area (Å²) in [6.07, 6.45) is 16.6. The van der Waals surface area contributed by atoms with Crippen molar-refractivity contribution in [3.05, 3.63) is 24.5 Å². The summed E-state index contributed by atoms with van der Waals surface area (Å²) in [5.41, 5.74) is 0.967. The number of rotatable bonds is 2. The van der Waals surface area contributed by atoms with Crippen molar-refractivity contribution >= 4 is 11.9 Å². The second-order valence-electron chi connectivity index (χ2n) is 9.49. The molecular weight excluding hydrogens is 362 g/mol. The molecule has 29 heavy (non-hydrogen) atoms. The Bertz CT molecular complexity index is 913. The number of hydrogen-bond acceptors (Lipinski definition) is 4. The molecule has 0 N–H and O–H groups in total. The van der Waals surface area contributed by atoms with Crippen LogP contribution in [0.15, 0.2) is 24.5 Å². The van der Waals surface area contributed by atoms with Crippen LogP contribution in [0, 0.1) is 11.8 Å². The molecule has 2 aromatic heterocycles. The zero-order valence-corrected chi connectivity index (χ0v) is 17.0. The fraction of sp³-hybridized carbons (Fsp3) is 0.652. The minimum atomic E-state index is 0.0342. The molecule has 3 saturated carbocycles. The van der Waals surface area contributed by atoms with Gasteiger partial charge in [0.05, 0.1) is 5.54 Å². The van der Waals surface area contributed by atoms with E-state index in [-0.39, 0.29) is 11.5 Å². The zero-order valence-electron chi connectivity index (χ0n) is 17.0. The predicted molar refractivity (Wildman–Crippen MR) is 110 cm³/mol. The van der Waals surface area contributed by atoms with Gasteiger partial charge in [0.2, 0.25) is 11.9 Å². The summed E-state index contributed by atoms with van der Waals surface area (Å²) in [7, 11) is 0. The minimum Gasteiger partial charge on any atom is -0.277 e. The summed E-state index contributed by atoms with van der Waals surface area (Å²) in [5, 5.41) is 5.07. The molecule has 1 amide bonds. The highest BCUT2D eigenvalue weighted by Crippen LogP contribution is 2.53. The molecule has 6 nitrogen and oxygen atoms in total. The predicted octanol–water partition coefficient (Wildman–Crippen LogP) is 4.31. The van der Waals surface area contributed by atoms with Crippen LogP contribution in [-0.2, 0) is 10.3 Å². The van der Waals surface area contributed by atoms with E-state index in [4.69, 9.17) is 10.1 Å². The van der Waals surface area contributed by atoms with Crippen LogP contribution in [-0.4, -0.2) is 31.7 Å². The van der Waals surface area contributed by atoms with Gasteiger partial charge in [-0.3, -0.25) is 14.7 Å². The maximum Gasteiger partial charge on any atom is 0.232 e. The van der Waals surface area contributed by atoms with Crippen molar-refractivity contribution in [1.82, 2.24) is 19.7 Å². The number of hydrogen-bond donors (Lipinski definition) is 0. The first-order chi connectivity index (χ1) is 14.3. The number of carbonyl (C=O) groups is 1. The Morgan fingerprint density at radius 1 is 1.03 bits per heavy atom. The Balaban J connectivity index is 1.54. The third kappa shape index (κ3) is 2.67. The molecule has 1 spiro atoms. The van der Waals surface area contributed by atoms with Crippen LogP contribution >= 0.6 is 0 Å². The van der Waals surface area contributed by atoms with Gasteiger partial charge < -0.3 is 0 Å². The highest BCUT2D eigenvalue weighted by molar-refractivity contribution is 5.96. The fourth-order valence-corrected chi connectivity index (χ4v) is 6.26. The quantitative estimate of drug-likeness (QED) is 0.765. The van der Waals surface area contributed by atoms with E-state index in [2.05, 4.69) is 14.6 Å². The molecule has 2 aromatic rings. The largest absolute Gasteiger partial charge is 0.277 e. The first-order valence-electron chi connectivity index (χ1n) is 11.5. The van der Waals surface area contributed by atoms with E-state index in [1.807, 2.05) is 18.3 Å². The molecule has 6 rings (SSSR count). The van der Waals surface area contributed by atoms with E-state index in [0.29, 0.717) is 23.7 Å². The van der Waals surface area contributed by atoms with Crippen LogP contribution in [0.3, 0.4) is 0 Å². The number of nitrogens with zero attached hydrogens (tertiary/aromatic N) is 5. The average Bonchev–Trinajstić information content (AvgIpc) is 3.54. The highest BCUT2D eigenvalue weighted by Gasteiger charge is 2.56. The van der Waals surface area contributed by atoms with E-state index in [1.54, 1.807) is 6.20 Å². The molecule has 0 radical (unpaired) electrons. The van der Waals surface area contributed by atoms with Crippen LogP contribution in [0.1, 0.15) is 70.6 Å². The third-order valence-corrected chi connectivity index (χ3v) is 7.78. The lowest BCUT2D eigenvalue weighted by Gasteiger charge is -2.55. The summed E-state index contributed by atoms with van der Waals surface area (Å²) >= 11 is 0. The van der Waals surface area contributed by atoms with Gasteiger partial charge in [-0.1, -0.05) is 32.1 Å². The smallest absolute Gasteiger partial charge is 0.232 e. The number of fused-ring (bicyclic) bond motifs is 4. The SMILES string of the molecule is O=C(C1CC1)N1c2nc(-c3cccnc3)nn2C2(CCCCC2)C2CCCCC21. The highest BCUT2D eigenvalue weighted by atomic mass is 16.2. The Kier molecular flexibility index (Phi) is 4.03.